The van der Waals surface area contributed by atoms with Gasteiger partial charge in [-0.3, -0.25) is 9.59 Å². The van der Waals surface area contributed by atoms with E-state index in [-0.39, 0.29) is 30.3 Å². The molecule has 1 aromatic heterocycles. The van der Waals surface area contributed by atoms with E-state index >= 15 is 0 Å². The van der Waals surface area contributed by atoms with Crippen molar-refractivity contribution in [1.82, 2.24) is 10.2 Å². The van der Waals surface area contributed by atoms with E-state index in [1.165, 1.54) is 16.2 Å². The van der Waals surface area contributed by atoms with Crippen molar-refractivity contribution in [2.24, 2.45) is 5.41 Å². The number of likely N-dealkylation sites (N-methyl/N-ethyl adjacent to an activating group) is 1. The molecule has 0 aliphatic carbocycles. The summed E-state index contributed by atoms with van der Waals surface area (Å²) in [6.45, 7) is 5.86. The highest BCUT2D eigenvalue weighted by Gasteiger charge is 2.23. The number of carbonyl (C=O) groups is 2. The summed E-state index contributed by atoms with van der Waals surface area (Å²) in [5.41, 5.74) is -0.286. The molecule has 2 N–H and O–H groups in total. The van der Waals surface area contributed by atoms with Crippen LogP contribution in [0, 0.1) is 5.41 Å². The van der Waals surface area contributed by atoms with E-state index in [9.17, 15) is 14.7 Å². The maximum Gasteiger partial charge on any atom is 0.264 e. The lowest BCUT2D eigenvalue weighted by molar-refractivity contribution is -0.122. The zero-order valence-electron chi connectivity index (χ0n) is 12.3. The summed E-state index contributed by atoms with van der Waals surface area (Å²) in [6, 6.07) is 3.52. The van der Waals surface area contributed by atoms with Crippen molar-refractivity contribution >= 4 is 23.2 Å². The van der Waals surface area contributed by atoms with E-state index in [0.29, 0.717) is 4.88 Å². The largest absolute Gasteiger partial charge is 0.391 e. The van der Waals surface area contributed by atoms with Crippen molar-refractivity contribution < 1.29 is 14.7 Å². The minimum atomic E-state index is -0.621. The smallest absolute Gasteiger partial charge is 0.264 e. The summed E-state index contributed by atoms with van der Waals surface area (Å²) in [4.78, 5) is 25.7. The normalized spacial score (nSPS) is 12.8. The molecule has 0 saturated heterocycles. The van der Waals surface area contributed by atoms with Crippen LogP contribution in [0.15, 0.2) is 17.5 Å². The van der Waals surface area contributed by atoms with Crippen molar-refractivity contribution in [1.29, 1.82) is 0 Å². The molecule has 5 nitrogen and oxygen atoms in total. The van der Waals surface area contributed by atoms with Crippen molar-refractivity contribution in [2.45, 2.75) is 26.9 Å². The summed E-state index contributed by atoms with van der Waals surface area (Å²) < 4.78 is 0. The summed E-state index contributed by atoms with van der Waals surface area (Å²) in [5, 5.41) is 14.3. The number of hydrogen-bond donors (Lipinski definition) is 2. The van der Waals surface area contributed by atoms with Crippen molar-refractivity contribution in [3.05, 3.63) is 22.4 Å². The molecule has 1 unspecified atom stereocenters. The van der Waals surface area contributed by atoms with Gasteiger partial charge in [0, 0.05) is 13.6 Å². The number of rotatable bonds is 5. The van der Waals surface area contributed by atoms with Gasteiger partial charge in [0.15, 0.2) is 0 Å². The Morgan fingerprint density at radius 1 is 1.45 bits per heavy atom. The molecule has 0 fully saturated rings. The summed E-state index contributed by atoms with van der Waals surface area (Å²) in [7, 11) is 1.59. The average Bonchev–Trinajstić information content (AvgIpc) is 2.87. The minimum Gasteiger partial charge on any atom is -0.391 e. The molecule has 1 aromatic rings. The van der Waals surface area contributed by atoms with E-state index in [4.69, 9.17) is 0 Å². The molecule has 1 atom stereocenters. The van der Waals surface area contributed by atoms with Gasteiger partial charge in [0.2, 0.25) is 5.91 Å². The minimum absolute atomic E-state index is 0.0202. The molecule has 2 amide bonds. The predicted octanol–water partition coefficient (Wildman–Crippen LogP) is 1.34. The monoisotopic (exact) mass is 298 g/mol. The molecule has 0 saturated carbocycles. The van der Waals surface area contributed by atoms with Gasteiger partial charge in [-0.25, -0.2) is 0 Å². The fourth-order valence-electron chi connectivity index (χ4n) is 1.45. The molecular weight excluding hydrogens is 276 g/mol. The first-order valence-corrected chi connectivity index (χ1v) is 7.33. The number of nitrogens with one attached hydrogen (secondary N) is 1. The van der Waals surface area contributed by atoms with Gasteiger partial charge in [-0.15, -0.1) is 11.3 Å². The van der Waals surface area contributed by atoms with Gasteiger partial charge in [-0.2, -0.15) is 0 Å². The number of aliphatic hydroxyl groups excluding tert-OH is 1. The molecule has 0 aliphatic heterocycles. The molecule has 0 radical (unpaired) electrons. The maximum absolute atomic E-state index is 11.9. The van der Waals surface area contributed by atoms with Gasteiger partial charge in [-0.1, -0.05) is 26.8 Å². The Morgan fingerprint density at radius 3 is 2.60 bits per heavy atom. The van der Waals surface area contributed by atoms with Crippen LogP contribution in [0.5, 0.6) is 0 Å². The highest BCUT2D eigenvalue weighted by Crippen LogP contribution is 2.18. The summed E-state index contributed by atoms with van der Waals surface area (Å²) >= 11 is 1.35. The molecule has 112 valence electrons. The predicted molar refractivity (Wildman–Crippen MR) is 79.8 cm³/mol. The topological polar surface area (TPSA) is 69.6 Å². The van der Waals surface area contributed by atoms with E-state index in [1.807, 2.05) is 26.2 Å². The molecule has 0 aromatic carbocycles. The van der Waals surface area contributed by atoms with Crippen LogP contribution < -0.4 is 5.32 Å². The van der Waals surface area contributed by atoms with E-state index < -0.39 is 6.10 Å². The Kier molecular flexibility index (Phi) is 5.71. The van der Waals surface area contributed by atoms with E-state index in [2.05, 4.69) is 5.32 Å². The van der Waals surface area contributed by atoms with Gasteiger partial charge in [0.25, 0.3) is 5.91 Å². The first-order chi connectivity index (χ1) is 9.21. The van der Waals surface area contributed by atoms with Crippen LogP contribution in [-0.4, -0.2) is 48.1 Å². The number of aliphatic hydroxyl groups is 1. The van der Waals surface area contributed by atoms with Gasteiger partial charge in [0.05, 0.1) is 17.5 Å². The van der Waals surface area contributed by atoms with Crippen LogP contribution >= 0.6 is 11.3 Å². The molecule has 1 rings (SSSR count). The number of hydrogen-bond acceptors (Lipinski definition) is 4. The van der Waals surface area contributed by atoms with Crippen LogP contribution in [0.2, 0.25) is 0 Å². The third kappa shape index (κ3) is 4.94. The SMILES string of the molecule is CN(CC(=O)NCC(O)C(C)(C)C)C(=O)c1cccs1. The lowest BCUT2D eigenvalue weighted by atomic mass is 9.89. The lowest BCUT2D eigenvalue weighted by Crippen LogP contribution is -2.43. The summed E-state index contributed by atoms with van der Waals surface area (Å²) in [6.07, 6.45) is -0.621. The molecular formula is C14H22N2O3S. The van der Waals surface area contributed by atoms with Gasteiger partial charge in [-0.05, 0) is 16.9 Å². The molecule has 0 bridgehead atoms. The fourth-order valence-corrected chi connectivity index (χ4v) is 2.17. The number of nitrogens with zero attached hydrogens (tertiary/aromatic N) is 1. The fraction of sp³-hybridized carbons (Fsp3) is 0.571. The highest BCUT2D eigenvalue weighted by molar-refractivity contribution is 7.12. The van der Waals surface area contributed by atoms with Crippen LogP contribution in [0.1, 0.15) is 30.4 Å². The molecule has 0 spiro atoms. The van der Waals surface area contributed by atoms with Gasteiger partial charge < -0.3 is 15.3 Å². The van der Waals surface area contributed by atoms with Crippen molar-refractivity contribution in [2.75, 3.05) is 20.1 Å². The van der Waals surface area contributed by atoms with Crippen LogP contribution in [0.25, 0.3) is 0 Å². The first kappa shape index (κ1) is 16.7. The van der Waals surface area contributed by atoms with Crippen LogP contribution in [-0.2, 0) is 4.79 Å². The standard InChI is InChI=1S/C14H22N2O3S/c1-14(2,3)11(17)8-15-12(18)9-16(4)13(19)10-6-5-7-20-10/h5-7,11,17H,8-9H2,1-4H3,(H,15,18). The average molecular weight is 298 g/mol. The Bertz CT molecular complexity index is 451. The Labute approximate surface area is 123 Å². The molecule has 0 aliphatic rings. The van der Waals surface area contributed by atoms with E-state index in [0.717, 1.165) is 0 Å². The van der Waals surface area contributed by atoms with Gasteiger partial charge >= 0.3 is 0 Å². The quantitative estimate of drug-likeness (QED) is 0.862. The van der Waals surface area contributed by atoms with Crippen LogP contribution in [0.4, 0.5) is 0 Å². The van der Waals surface area contributed by atoms with Crippen molar-refractivity contribution in [3.63, 3.8) is 0 Å². The zero-order valence-corrected chi connectivity index (χ0v) is 13.2. The number of amides is 2. The second kappa shape index (κ2) is 6.85. The molecule has 20 heavy (non-hydrogen) atoms. The molecule has 1 heterocycles. The van der Waals surface area contributed by atoms with E-state index in [1.54, 1.807) is 19.2 Å². The lowest BCUT2D eigenvalue weighted by Gasteiger charge is -2.26. The van der Waals surface area contributed by atoms with Crippen molar-refractivity contribution in [3.8, 4) is 0 Å². The second-order valence-electron chi connectivity index (χ2n) is 5.82. The Hall–Kier alpha value is -1.40. The number of carbonyl (C=O) groups excluding carboxylic acids is 2. The second-order valence-corrected chi connectivity index (χ2v) is 6.77. The van der Waals surface area contributed by atoms with Gasteiger partial charge in [0.1, 0.15) is 0 Å². The maximum atomic E-state index is 11.9. The Morgan fingerprint density at radius 2 is 2.10 bits per heavy atom. The third-order valence-corrected chi connectivity index (χ3v) is 3.81. The highest BCUT2D eigenvalue weighted by atomic mass is 32.1. The third-order valence-electron chi connectivity index (χ3n) is 2.95. The first-order valence-electron chi connectivity index (χ1n) is 6.45. The Balaban J connectivity index is 2.41. The van der Waals surface area contributed by atoms with Crippen LogP contribution in [0.3, 0.4) is 0 Å². The zero-order chi connectivity index (χ0) is 15.3. The summed E-state index contributed by atoms with van der Waals surface area (Å²) in [5.74, 6) is -0.452. The number of thiophene rings is 1. The molecule has 6 heteroatoms.